The second kappa shape index (κ2) is 11.4. The smallest absolute Gasteiger partial charge is 0.160 e. The van der Waals surface area contributed by atoms with E-state index in [2.05, 4.69) is 18.9 Å². The lowest BCUT2D eigenvalue weighted by Crippen LogP contribution is -2.26. The van der Waals surface area contributed by atoms with E-state index in [4.69, 9.17) is 18.5 Å². The van der Waals surface area contributed by atoms with E-state index in [9.17, 15) is 10.2 Å². The Balaban J connectivity index is 2.23. The summed E-state index contributed by atoms with van der Waals surface area (Å²) in [6.45, 7) is 1.06. The first-order valence-electron chi connectivity index (χ1n) is 8.87. The van der Waals surface area contributed by atoms with Gasteiger partial charge < -0.3 is 28.7 Å². The first kappa shape index (κ1) is 22.7. The van der Waals surface area contributed by atoms with Crippen LogP contribution in [0.1, 0.15) is 11.1 Å². The topological polar surface area (TPSA) is 77.4 Å². The van der Waals surface area contributed by atoms with Gasteiger partial charge in [0.1, 0.15) is 0 Å². The molecule has 0 radical (unpaired) electrons. The molecule has 0 amide bonds. The minimum absolute atomic E-state index is 0.117. The summed E-state index contributed by atoms with van der Waals surface area (Å²) in [4.78, 5) is 0. The molecule has 2 N–H and O–H groups in total. The van der Waals surface area contributed by atoms with Crippen molar-refractivity contribution in [3.63, 3.8) is 0 Å². The number of ether oxygens (including phenoxy) is 2. The van der Waals surface area contributed by atoms with Crippen LogP contribution in [0.2, 0.25) is 0 Å². The number of aromatic hydroxyl groups is 2. The van der Waals surface area contributed by atoms with Crippen molar-refractivity contribution in [3.8, 4) is 23.0 Å². The van der Waals surface area contributed by atoms with Crippen molar-refractivity contribution in [1.29, 1.82) is 0 Å². The average Bonchev–Trinajstić information content (AvgIpc) is 2.70. The highest BCUT2D eigenvalue weighted by atomic mass is 31.0. The summed E-state index contributed by atoms with van der Waals surface area (Å²) in [5, 5.41) is 19.6. The molecule has 4 atom stereocenters. The van der Waals surface area contributed by atoms with Crippen molar-refractivity contribution in [2.24, 2.45) is 11.8 Å². The molecule has 0 aliphatic heterocycles. The van der Waals surface area contributed by atoms with Gasteiger partial charge in [-0.05, 0) is 60.1 Å². The zero-order chi connectivity index (χ0) is 20.5. The lowest BCUT2D eigenvalue weighted by atomic mass is 9.83. The van der Waals surface area contributed by atoms with E-state index in [-0.39, 0.29) is 23.3 Å². The van der Waals surface area contributed by atoms with Crippen molar-refractivity contribution in [2.75, 3.05) is 27.4 Å². The SMILES string of the molecule is COc1cc(C[C@@H](COP)[C@H](COP)Cc2ccc(O)c(OC)c2)ccc1O. The Hall–Kier alpha value is -1.58. The van der Waals surface area contributed by atoms with Gasteiger partial charge in [0.25, 0.3) is 0 Å². The van der Waals surface area contributed by atoms with Crippen LogP contribution in [0, 0.1) is 11.8 Å². The molecule has 8 heteroatoms. The van der Waals surface area contributed by atoms with Crippen molar-refractivity contribution >= 4 is 18.9 Å². The molecule has 28 heavy (non-hydrogen) atoms. The van der Waals surface area contributed by atoms with E-state index >= 15 is 0 Å². The molecule has 2 aromatic carbocycles. The fourth-order valence-electron chi connectivity index (χ4n) is 3.27. The van der Waals surface area contributed by atoms with Crippen LogP contribution in [-0.2, 0) is 21.9 Å². The molecule has 0 saturated heterocycles. The van der Waals surface area contributed by atoms with Gasteiger partial charge in [0.15, 0.2) is 23.0 Å². The maximum absolute atomic E-state index is 9.82. The number of phenols is 2. The Kier molecular flexibility index (Phi) is 9.27. The van der Waals surface area contributed by atoms with Gasteiger partial charge in [-0.25, -0.2) is 0 Å². The van der Waals surface area contributed by atoms with Gasteiger partial charge in [0.2, 0.25) is 0 Å². The van der Waals surface area contributed by atoms with E-state index in [0.717, 1.165) is 24.0 Å². The minimum Gasteiger partial charge on any atom is -0.504 e. The number of rotatable bonds is 11. The summed E-state index contributed by atoms with van der Waals surface area (Å²) in [6.07, 6.45) is 1.47. The van der Waals surface area contributed by atoms with E-state index in [1.165, 1.54) is 14.2 Å². The molecule has 154 valence electrons. The van der Waals surface area contributed by atoms with Crippen molar-refractivity contribution in [3.05, 3.63) is 47.5 Å². The second-order valence-corrected chi connectivity index (χ2v) is 7.27. The van der Waals surface area contributed by atoms with Crippen LogP contribution in [-0.4, -0.2) is 37.6 Å². The van der Waals surface area contributed by atoms with Crippen molar-refractivity contribution < 1.29 is 28.7 Å². The third-order valence-electron chi connectivity index (χ3n) is 4.77. The van der Waals surface area contributed by atoms with Gasteiger partial charge in [-0.2, -0.15) is 0 Å². The van der Waals surface area contributed by atoms with Crippen LogP contribution in [0.5, 0.6) is 23.0 Å². The number of methoxy groups -OCH3 is 2. The molecule has 2 unspecified atom stereocenters. The third kappa shape index (κ3) is 6.22. The molecular weight excluding hydrogens is 398 g/mol. The highest BCUT2D eigenvalue weighted by Crippen LogP contribution is 2.32. The van der Waals surface area contributed by atoms with E-state index in [0.29, 0.717) is 24.7 Å². The summed E-state index contributed by atoms with van der Waals surface area (Å²) in [5.74, 6) is 1.45. The zero-order valence-electron chi connectivity index (χ0n) is 16.1. The Morgan fingerprint density at radius 3 is 1.46 bits per heavy atom. The van der Waals surface area contributed by atoms with Crippen LogP contribution >= 0.6 is 18.9 Å². The first-order chi connectivity index (χ1) is 13.5. The summed E-state index contributed by atoms with van der Waals surface area (Å²) >= 11 is 0. The first-order valence-corrected chi connectivity index (χ1v) is 9.81. The number of hydrogen-bond acceptors (Lipinski definition) is 6. The van der Waals surface area contributed by atoms with Gasteiger partial charge in [0.05, 0.1) is 27.4 Å². The summed E-state index contributed by atoms with van der Waals surface area (Å²) in [5.41, 5.74) is 2.08. The summed E-state index contributed by atoms with van der Waals surface area (Å²) in [7, 11) is 7.68. The van der Waals surface area contributed by atoms with Crippen LogP contribution < -0.4 is 9.47 Å². The molecule has 0 bridgehead atoms. The Morgan fingerprint density at radius 2 is 1.14 bits per heavy atom. The van der Waals surface area contributed by atoms with E-state index in [1.54, 1.807) is 12.1 Å². The number of benzene rings is 2. The highest BCUT2D eigenvalue weighted by molar-refractivity contribution is 7.10. The molecule has 2 rings (SSSR count). The molecule has 6 nitrogen and oxygen atoms in total. The zero-order valence-corrected chi connectivity index (χ0v) is 18.4. The third-order valence-corrected chi connectivity index (χ3v) is 5.16. The molecular formula is C20H28O6P2. The van der Waals surface area contributed by atoms with Gasteiger partial charge in [-0.1, -0.05) is 12.1 Å². The lowest BCUT2D eigenvalue weighted by Gasteiger charge is -2.27. The minimum atomic E-state index is 0.117. The second-order valence-electron chi connectivity index (χ2n) is 6.61. The van der Waals surface area contributed by atoms with Crippen molar-refractivity contribution in [2.45, 2.75) is 12.8 Å². The van der Waals surface area contributed by atoms with E-state index < -0.39 is 0 Å². The van der Waals surface area contributed by atoms with Crippen molar-refractivity contribution in [1.82, 2.24) is 0 Å². The molecule has 2 aromatic rings. The normalized spacial score (nSPS) is 13.1. The standard InChI is InChI=1S/C20H28O6P2/c1-23-19-9-13(3-5-17(19)21)7-15(11-25-27)16(12-26-28)8-14-4-6-18(22)20(10-14)24-2/h3-6,9-10,15-16,21-22H,7-8,11-12,27-28H2,1-2H3/t15-,16-/m0/s1. The predicted molar refractivity (Wildman–Crippen MR) is 115 cm³/mol. The van der Waals surface area contributed by atoms with E-state index in [1.807, 2.05) is 24.3 Å². The Bertz CT molecular complexity index is 692. The lowest BCUT2D eigenvalue weighted by molar-refractivity contribution is 0.162. The van der Waals surface area contributed by atoms with Crippen LogP contribution in [0.3, 0.4) is 0 Å². The van der Waals surface area contributed by atoms with Gasteiger partial charge in [0, 0.05) is 18.9 Å². The maximum atomic E-state index is 9.82. The van der Waals surface area contributed by atoms with Gasteiger partial charge in [-0.15, -0.1) is 0 Å². The predicted octanol–water partition coefficient (Wildman–Crippen LogP) is 3.75. The van der Waals surface area contributed by atoms with Crippen LogP contribution in [0.4, 0.5) is 0 Å². The average molecular weight is 426 g/mol. The molecule has 0 aromatic heterocycles. The summed E-state index contributed by atoms with van der Waals surface area (Å²) < 4.78 is 21.2. The maximum Gasteiger partial charge on any atom is 0.160 e. The molecule has 0 aliphatic carbocycles. The number of phenolic OH excluding ortho intramolecular Hbond substituents is 2. The van der Waals surface area contributed by atoms with Crippen LogP contribution in [0.25, 0.3) is 0 Å². The quantitative estimate of drug-likeness (QED) is 0.533. The monoisotopic (exact) mass is 426 g/mol. The Morgan fingerprint density at radius 1 is 0.750 bits per heavy atom. The van der Waals surface area contributed by atoms with Gasteiger partial charge in [-0.3, -0.25) is 0 Å². The number of hydrogen-bond donors (Lipinski definition) is 2. The molecule has 0 saturated carbocycles. The molecule has 0 spiro atoms. The fraction of sp³-hybridized carbons (Fsp3) is 0.400. The Labute approximate surface area is 170 Å². The molecule has 0 aliphatic rings. The largest absolute Gasteiger partial charge is 0.504 e. The molecule has 0 heterocycles. The fourth-order valence-corrected chi connectivity index (χ4v) is 3.77. The highest BCUT2D eigenvalue weighted by Gasteiger charge is 2.24. The van der Waals surface area contributed by atoms with Gasteiger partial charge >= 0.3 is 0 Å². The molecule has 0 fully saturated rings. The van der Waals surface area contributed by atoms with Crippen LogP contribution in [0.15, 0.2) is 36.4 Å². The summed E-state index contributed by atoms with van der Waals surface area (Å²) in [6, 6.07) is 10.7.